The van der Waals surface area contributed by atoms with Gasteiger partial charge in [-0.15, -0.1) is 11.8 Å². The zero-order chi connectivity index (χ0) is 21.4. The number of carbonyl (C=O) groups excluding carboxylic acids is 1. The van der Waals surface area contributed by atoms with E-state index in [0.29, 0.717) is 36.4 Å². The molecule has 1 aliphatic rings. The van der Waals surface area contributed by atoms with Crippen LogP contribution < -0.4 is 10.9 Å². The van der Waals surface area contributed by atoms with Crippen LogP contribution in [0.25, 0.3) is 16.9 Å². The third-order valence-corrected chi connectivity index (χ3v) is 6.22. The number of nitrogens with zero attached hydrogens (tertiary/aromatic N) is 3. The maximum Gasteiger partial charge on any atom is 0.322 e. The normalized spacial score (nSPS) is 13.3. The molecule has 5 rings (SSSR count). The van der Waals surface area contributed by atoms with Gasteiger partial charge in [0.15, 0.2) is 5.65 Å². The van der Waals surface area contributed by atoms with Crippen LogP contribution >= 0.6 is 11.8 Å². The van der Waals surface area contributed by atoms with Gasteiger partial charge in [-0.2, -0.15) is 0 Å². The van der Waals surface area contributed by atoms with Gasteiger partial charge >= 0.3 is 6.03 Å². The summed E-state index contributed by atoms with van der Waals surface area (Å²) in [6.45, 7) is 0.776. The van der Waals surface area contributed by atoms with Crippen LogP contribution in [0.2, 0.25) is 0 Å². The molecule has 0 spiro atoms. The second-order valence-electron chi connectivity index (χ2n) is 7.40. The minimum atomic E-state index is -0.191. The number of anilines is 1. The molecule has 156 valence electrons. The molecule has 0 atom stereocenters. The van der Waals surface area contributed by atoms with Crippen molar-refractivity contribution >= 4 is 29.1 Å². The first-order valence-electron chi connectivity index (χ1n) is 10.0. The van der Waals surface area contributed by atoms with Crippen molar-refractivity contribution in [3.05, 3.63) is 82.3 Å². The Morgan fingerprint density at radius 3 is 2.65 bits per heavy atom. The lowest BCUT2D eigenvalue weighted by atomic mass is 10.1. The molecule has 0 radical (unpaired) electrons. The zero-order valence-electron chi connectivity index (χ0n) is 17.0. The number of hydrogen-bond acceptors (Lipinski definition) is 4. The fourth-order valence-electron chi connectivity index (χ4n) is 3.81. The summed E-state index contributed by atoms with van der Waals surface area (Å²) in [6.07, 6.45) is 2.49. The van der Waals surface area contributed by atoms with Crippen LogP contribution in [0, 0.1) is 0 Å². The Bertz CT molecular complexity index is 1310. The van der Waals surface area contributed by atoms with Gasteiger partial charge in [0.1, 0.15) is 0 Å². The van der Waals surface area contributed by atoms with Gasteiger partial charge < -0.3 is 10.2 Å². The fourth-order valence-corrected chi connectivity index (χ4v) is 4.22. The summed E-state index contributed by atoms with van der Waals surface area (Å²) in [5, 5.41) is 6.08. The van der Waals surface area contributed by atoms with E-state index < -0.39 is 0 Å². The standard InChI is InChI=1S/C23H21N5O2S/c1-31-17-9-7-16(8-10-17)24-23(30)27-12-11-18-20(14-27)25-21-13-19(26-28(21)22(18)29)15-5-3-2-4-6-15/h2-10,13,26H,11-12,14H2,1H3,(H,24,30). The van der Waals surface area contributed by atoms with E-state index in [1.54, 1.807) is 16.7 Å². The van der Waals surface area contributed by atoms with Crippen molar-refractivity contribution in [2.24, 2.45) is 0 Å². The maximum atomic E-state index is 13.0. The van der Waals surface area contributed by atoms with Crippen molar-refractivity contribution in [1.29, 1.82) is 0 Å². The Morgan fingerprint density at radius 2 is 1.90 bits per heavy atom. The predicted molar refractivity (Wildman–Crippen MR) is 123 cm³/mol. The second-order valence-corrected chi connectivity index (χ2v) is 8.28. The average molecular weight is 432 g/mol. The topological polar surface area (TPSA) is 82.5 Å². The lowest BCUT2D eigenvalue weighted by Crippen LogP contribution is -2.41. The van der Waals surface area contributed by atoms with Crippen LogP contribution in [-0.2, 0) is 13.0 Å². The van der Waals surface area contributed by atoms with Crippen LogP contribution in [0.5, 0.6) is 0 Å². The summed E-state index contributed by atoms with van der Waals surface area (Å²) in [6, 6.07) is 19.2. The highest BCUT2D eigenvalue weighted by Gasteiger charge is 2.25. The minimum absolute atomic E-state index is 0.102. The van der Waals surface area contributed by atoms with E-state index in [1.165, 1.54) is 4.52 Å². The lowest BCUT2D eigenvalue weighted by Gasteiger charge is -2.27. The third kappa shape index (κ3) is 3.70. The first-order valence-corrected chi connectivity index (χ1v) is 11.2. The number of urea groups is 1. The Hall–Kier alpha value is -3.52. The smallest absolute Gasteiger partial charge is 0.318 e. The molecule has 1 aliphatic heterocycles. The Morgan fingerprint density at radius 1 is 1.13 bits per heavy atom. The highest BCUT2D eigenvalue weighted by Crippen LogP contribution is 2.22. The molecule has 2 N–H and O–H groups in total. The first-order chi connectivity index (χ1) is 15.1. The number of aromatic amines is 1. The number of fused-ring (bicyclic) bond motifs is 2. The molecule has 0 unspecified atom stereocenters. The molecule has 8 heteroatoms. The summed E-state index contributed by atoms with van der Waals surface area (Å²) in [5.41, 5.74) is 4.33. The van der Waals surface area contributed by atoms with Gasteiger partial charge in [-0.3, -0.25) is 9.89 Å². The molecule has 7 nitrogen and oxygen atoms in total. The van der Waals surface area contributed by atoms with Crippen LogP contribution in [0.15, 0.2) is 70.4 Å². The number of amides is 2. The van der Waals surface area contributed by atoms with E-state index >= 15 is 0 Å². The quantitative estimate of drug-likeness (QED) is 0.481. The van der Waals surface area contributed by atoms with Crippen molar-refractivity contribution in [1.82, 2.24) is 19.5 Å². The van der Waals surface area contributed by atoms with E-state index in [1.807, 2.05) is 66.9 Å². The average Bonchev–Trinajstić information content (AvgIpc) is 3.24. The largest absolute Gasteiger partial charge is 0.322 e. The van der Waals surface area contributed by atoms with Crippen LogP contribution in [0.3, 0.4) is 0 Å². The van der Waals surface area contributed by atoms with Gasteiger partial charge in [-0.1, -0.05) is 30.3 Å². The molecular weight excluding hydrogens is 410 g/mol. The molecule has 2 aromatic carbocycles. The number of nitrogens with one attached hydrogen (secondary N) is 2. The van der Waals surface area contributed by atoms with E-state index in [9.17, 15) is 9.59 Å². The highest BCUT2D eigenvalue weighted by molar-refractivity contribution is 7.98. The van der Waals surface area contributed by atoms with Gasteiger partial charge in [0.25, 0.3) is 5.56 Å². The fraction of sp³-hybridized carbons (Fsp3) is 0.174. The van der Waals surface area contributed by atoms with E-state index in [0.717, 1.165) is 21.8 Å². The molecule has 4 aromatic rings. The number of carbonyl (C=O) groups is 1. The number of hydrogen-bond donors (Lipinski definition) is 2. The summed E-state index contributed by atoms with van der Waals surface area (Å²) in [4.78, 5) is 33.3. The molecule has 2 aromatic heterocycles. The van der Waals surface area contributed by atoms with Crippen molar-refractivity contribution in [3.8, 4) is 11.3 Å². The molecule has 2 amide bonds. The summed E-state index contributed by atoms with van der Waals surface area (Å²) >= 11 is 1.65. The van der Waals surface area contributed by atoms with Crippen molar-refractivity contribution in [3.63, 3.8) is 0 Å². The number of thioether (sulfide) groups is 1. The monoisotopic (exact) mass is 431 g/mol. The molecule has 0 saturated carbocycles. The van der Waals surface area contributed by atoms with Crippen molar-refractivity contribution in [2.45, 2.75) is 17.9 Å². The van der Waals surface area contributed by atoms with Gasteiger partial charge in [0.05, 0.1) is 17.9 Å². The van der Waals surface area contributed by atoms with Gasteiger partial charge in [-0.25, -0.2) is 14.3 Å². The summed E-state index contributed by atoms with van der Waals surface area (Å²) in [5.74, 6) is 0. The molecule has 0 fully saturated rings. The molecule has 0 bridgehead atoms. The number of H-pyrrole nitrogens is 1. The van der Waals surface area contributed by atoms with E-state index in [4.69, 9.17) is 4.98 Å². The Balaban J connectivity index is 1.40. The van der Waals surface area contributed by atoms with E-state index in [2.05, 4.69) is 10.4 Å². The van der Waals surface area contributed by atoms with Crippen molar-refractivity contribution < 1.29 is 4.79 Å². The Kier molecular flexibility index (Phi) is 4.99. The summed E-state index contributed by atoms with van der Waals surface area (Å²) < 4.78 is 1.49. The zero-order valence-corrected chi connectivity index (χ0v) is 17.8. The SMILES string of the molecule is CSc1ccc(NC(=O)N2CCc3c(nc4cc(-c5ccccc5)[nH]n4c3=O)C2)cc1. The minimum Gasteiger partial charge on any atom is -0.318 e. The van der Waals surface area contributed by atoms with Crippen LogP contribution in [0.1, 0.15) is 11.3 Å². The number of benzene rings is 2. The number of rotatable bonds is 3. The van der Waals surface area contributed by atoms with Gasteiger partial charge in [0, 0.05) is 28.8 Å². The first kappa shape index (κ1) is 19.4. The highest BCUT2D eigenvalue weighted by atomic mass is 32.2. The summed E-state index contributed by atoms with van der Waals surface area (Å²) in [7, 11) is 0. The van der Waals surface area contributed by atoms with Crippen LogP contribution in [-0.4, -0.2) is 38.3 Å². The Labute approximate surface area is 183 Å². The van der Waals surface area contributed by atoms with Crippen LogP contribution in [0.4, 0.5) is 10.5 Å². The molecular formula is C23H21N5O2S. The van der Waals surface area contributed by atoms with Gasteiger partial charge in [-0.05, 0) is 42.5 Å². The molecule has 0 saturated heterocycles. The van der Waals surface area contributed by atoms with Crippen molar-refractivity contribution in [2.75, 3.05) is 18.1 Å². The lowest BCUT2D eigenvalue weighted by molar-refractivity contribution is 0.205. The predicted octanol–water partition coefficient (Wildman–Crippen LogP) is 4.00. The second kappa shape index (κ2) is 7.96. The molecule has 3 heterocycles. The van der Waals surface area contributed by atoms with Gasteiger partial charge in [0.2, 0.25) is 0 Å². The maximum absolute atomic E-state index is 13.0. The third-order valence-electron chi connectivity index (χ3n) is 5.48. The molecule has 31 heavy (non-hydrogen) atoms. The number of aromatic nitrogens is 3. The molecule has 0 aliphatic carbocycles. The van der Waals surface area contributed by atoms with E-state index in [-0.39, 0.29) is 11.6 Å².